The molecule has 1 fully saturated rings. The number of hydrogen-bond acceptors (Lipinski definition) is 3. The fraction of sp³-hybridized carbons (Fsp3) is 0.533. The molecule has 0 radical (unpaired) electrons. The Morgan fingerprint density at radius 3 is 2.85 bits per heavy atom. The number of aliphatic hydroxyl groups is 1. The van der Waals surface area contributed by atoms with Crippen molar-refractivity contribution in [2.75, 3.05) is 13.2 Å². The van der Waals surface area contributed by atoms with Gasteiger partial charge in [-0.15, -0.1) is 0 Å². The molecule has 20 heavy (non-hydrogen) atoms. The Labute approximate surface area is 119 Å². The Balaban J connectivity index is 1.73. The van der Waals surface area contributed by atoms with E-state index >= 15 is 0 Å². The first kappa shape index (κ1) is 14.7. The minimum atomic E-state index is -0.688. The van der Waals surface area contributed by atoms with Crippen molar-refractivity contribution in [2.24, 2.45) is 0 Å². The highest BCUT2D eigenvalue weighted by atomic mass is 16.5. The highest BCUT2D eigenvalue weighted by Gasteiger charge is 2.34. The van der Waals surface area contributed by atoms with E-state index in [1.165, 1.54) is 0 Å². The van der Waals surface area contributed by atoms with Gasteiger partial charge in [-0.2, -0.15) is 0 Å². The maximum atomic E-state index is 11.6. The monoisotopic (exact) mass is 278 g/mol. The van der Waals surface area contributed by atoms with Gasteiger partial charge in [0.15, 0.2) is 0 Å². The van der Waals surface area contributed by atoms with Crippen molar-refractivity contribution < 1.29 is 14.6 Å². The van der Waals surface area contributed by atoms with Gasteiger partial charge in [0.25, 0.3) is 0 Å². The quantitative estimate of drug-likeness (QED) is 0.743. The normalized spacial score (nSPS) is 16.1. The molecule has 2 rings (SSSR count). The summed E-state index contributed by atoms with van der Waals surface area (Å²) in [5, 5.41) is 15.4. The third kappa shape index (κ3) is 4.13. The van der Waals surface area contributed by atoms with Gasteiger partial charge in [-0.25, -0.2) is 4.79 Å². The summed E-state index contributed by atoms with van der Waals surface area (Å²) >= 11 is 0. The van der Waals surface area contributed by atoms with Crippen LogP contribution in [0.4, 0.5) is 4.79 Å². The summed E-state index contributed by atoms with van der Waals surface area (Å²) < 4.78 is 5.41. The third-order valence-electron chi connectivity index (χ3n) is 3.52. The van der Waals surface area contributed by atoms with Gasteiger partial charge in [0.1, 0.15) is 5.75 Å². The molecule has 0 unspecified atom stereocenters. The molecule has 5 heteroatoms. The predicted octanol–water partition coefficient (Wildman–Crippen LogP) is 1.80. The summed E-state index contributed by atoms with van der Waals surface area (Å²) in [6, 6.07) is 7.37. The lowest BCUT2D eigenvalue weighted by Gasteiger charge is -2.36. The maximum absolute atomic E-state index is 11.6. The molecule has 1 aliphatic carbocycles. The van der Waals surface area contributed by atoms with Gasteiger partial charge in [-0.05, 0) is 43.9 Å². The molecule has 0 atom stereocenters. The van der Waals surface area contributed by atoms with Crippen LogP contribution in [-0.2, 0) is 6.54 Å². The first-order chi connectivity index (χ1) is 9.61. The van der Waals surface area contributed by atoms with Crippen LogP contribution in [0.15, 0.2) is 24.3 Å². The molecule has 0 spiro atoms. The fourth-order valence-electron chi connectivity index (χ4n) is 2.16. The smallest absolute Gasteiger partial charge is 0.315 e. The summed E-state index contributed by atoms with van der Waals surface area (Å²) in [7, 11) is 0. The van der Waals surface area contributed by atoms with E-state index in [-0.39, 0.29) is 6.03 Å². The first-order valence-corrected chi connectivity index (χ1v) is 7.07. The van der Waals surface area contributed by atoms with Gasteiger partial charge in [-0.1, -0.05) is 12.1 Å². The molecule has 1 aliphatic rings. The zero-order valence-electron chi connectivity index (χ0n) is 11.8. The van der Waals surface area contributed by atoms with Gasteiger partial charge < -0.3 is 20.5 Å². The van der Waals surface area contributed by atoms with Crippen LogP contribution in [0.5, 0.6) is 5.75 Å². The van der Waals surface area contributed by atoms with Crippen molar-refractivity contribution in [3.63, 3.8) is 0 Å². The largest absolute Gasteiger partial charge is 0.494 e. The van der Waals surface area contributed by atoms with Crippen LogP contribution in [0.25, 0.3) is 0 Å². The molecule has 3 N–H and O–H groups in total. The number of nitrogens with one attached hydrogen (secondary N) is 2. The molecule has 0 saturated heterocycles. The second kappa shape index (κ2) is 6.61. The molecule has 2 amide bonds. The summed E-state index contributed by atoms with van der Waals surface area (Å²) in [4.78, 5) is 11.6. The van der Waals surface area contributed by atoms with Crippen LogP contribution in [0.1, 0.15) is 31.7 Å². The van der Waals surface area contributed by atoms with Crippen LogP contribution in [0.3, 0.4) is 0 Å². The lowest BCUT2D eigenvalue weighted by Crippen LogP contribution is -2.49. The molecule has 1 saturated carbocycles. The third-order valence-corrected chi connectivity index (χ3v) is 3.52. The van der Waals surface area contributed by atoms with Gasteiger partial charge in [0.2, 0.25) is 0 Å². The van der Waals surface area contributed by atoms with Crippen LogP contribution < -0.4 is 15.4 Å². The second-order valence-corrected chi connectivity index (χ2v) is 5.19. The SMILES string of the molecule is CCOc1cccc(CNC(=O)NCC2(O)CCC2)c1. The molecule has 0 heterocycles. The van der Waals surface area contributed by atoms with Crippen LogP contribution >= 0.6 is 0 Å². The van der Waals surface area contributed by atoms with E-state index in [1.54, 1.807) is 0 Å². The maximum Gasteiger partial charge on any atom is 0.315 e. The van der Waals surface area contributed by atoms with Crippen LogP contribution in [0, 0.1) is 0 Å². The van der Waals surface area contributed by atoms with E-state index in [4.69, 9.17) is 4.74 Å². The van der Waals surface area contributed by atoms with E-state index in [9.17, 15) is 9.90 Å². The fourth-order valence-corrected chi connectivity index (χ4v) is 2.16. The average molecular weight is 278 g/mol. The summed E-state index contributed by atoms with van der Waals surface area (Å²) in [5.41, 5.74) is 0.292. The zero-order chi connectivity index (χ0) is 14.4. The number of ether oxygens (including phenoxy) is 1. The van der Waals surface area contributed by atoms with Crippen LogP contribution in [0.2, 0.25) is 0 Å². The zero-order valence-corrected chi connectivity index (χ0v) is 11.8. The highest BCUT2D eigenvalue weighted by Crippen LogP contribution is 2.30. The first-order valence-electron chi connectivity index (χ1n) is 7.07. The van der Waals surface area contributed by atoms with E-state index in [2.05, 4.69) is 10.6 Å². The van der Waals surface area contributed by atoms with E-state index in [1.807, 2.05) is 31.2 Å². The molecule has 0 aromatic heterocycles. The molecule has 1 aromatic rings. The molecule has 110 valence electrons. The van der Waals surface area contributed by atoms with E-state index < -0.39 is 5.60 Å². The minimum absolute atomic E-state index is 0.257. The summed E-state index contributed by atoms with van der Waals surface area (Å²) in [6.07, 6.45) is 2.57. The minimum Gasteiger partial charge on any atom is -0.494 e. The lowest BCUT2D eigenvalue weighted by atomic mass is 9.80. The number of urea groups is 1. The van der Waals surface area contributed by atoms with E-state index in [0.29, 0.717) is 19.7 Å². The van der Waals surface area contributed by atoms with Crippen molar-refractivity contribution in [1.29, 1.82) is 0 Å². The number of carbonyl (C=O) groups excluding carboxylic acids is 1. The van der Waals surface area contributed by atoms with Crippen LogP contribution in [-0.4, -0.2) is 29.9 Å². The van der Waals surface area contributed by atoms with E-state index in [0.717, 1.165) is 30.6 Å². The second-order valence-electron chi connectivity index (χ2n) is 5.19. The number of rotatable bonds is 6. The Hall–Kier alpha value is -1.75. The van der Waals surface area contributed by atoms with Gasteiger partial charge in [0.05, 0.1) is 12.2 Å². The van der Waals surface area contributed by atoms with Crippen molar-refractivity contribution in [1.82, 2.24) is 10.6 Å². The number of carbonyl (C=O) groups is 1. The number of amides is 2. The molecule has 1 aromatic carbocycles. The lowest BCUT2D eigenvalue weighted by molar-refractivity contribution is -0.0290. The molecule has 0 aliphatic heterocycles. The Bertz CT molecular complexity index is 458. The predicted molar refractivity (Wildman–Crippen MR) is 76.7 cm³/mol. The average Bonchev–Trinajstić information content (AvgIpc) is 2.42. The number of hydrogen-bond donors (Lipinski definition) is 3. The van der Waals surface area contributed by atoms with Gasteiger partial charge in [0, 0.05) is 13.1 Å². The summed E-state index contributed by atoms with van der Waals surface area (Å²) in [6.45, 7) is 3.31. The van der Waals surface area contributed by atoms with Crippen molar-refractivity contribution >= 4 is 6.03 Å². The Morgan fingerprint density at radius 2 is 2.20 bits per heavy atom. The number of benzene rings is 1. The van der Waals surface area contributed by atoms with Crippen molar-refractivity contribution in [2.45, 2.75) is 38.3 Å². The molecular formula is C15H22N2O3. The Kier molecular flexibility index (Phi) is 4.84. The topological polar surface area (TPSA) is 70.6 Å². The van der Waals surface area contributed by atoms with Gasteiger partial charge in [-0.3, -0.25) is 0 Å². The van der Waals surface area contributed by atoms with Crippen molar-refractivity contribution in [3.05, 3.63) is 29.8 Å². The molecule has 0 bridgehead atoms. The molecular weight excluding hydrogens is 256 g/mol. The van der Waals surface area contributed by atoms with Gasteiger partial charge >= 0.3 is 6.03 Å². The highest BCUT2D eigenvalue weighted by molar-refractivity contribution is 5.73. The summed E-state index contributed by atoms with van der Waals surface area (Å²) in [5.74, 6) is 0.802. The van der Waals surface area contributed by atoms with Crippen molar-refractivity contribution in [3.8, 4) is 5.75 Å². The standard InChI is InChI=1S/C15H22N2O3/c1-2-20-13-6-3-5-12(9-13)10-16-14(18)17-11-15(19)7-4-8-15/h3,5-6,9,19H,2,4,7-8,10-11H2,1H3,(H2,16,17,18). The molecule has 5 nitrogen and oxygen atoms in total. The Morgan fingerprint density at radius 1 is 1.40 bits per heavy atom.